The lowest BCUT2D eigenvalue weighted by atomic mass is 10.2. The smallest absolute Gasteiger partial charge is 0.125 e. The van der Waals surface area contributed by atoms with Crippen molar-refractivity contribution >= 4 is 23.3 Å². The molecule has 0 radical (unpaired) electrons. The molecule has 2 aromatic rings. The lowest BCUT2D eigenvalue weighted by molar-refractivity contribution is 0.290. The van der Waals surface area contributed by atoms with E-state index in [1.54, 1.807) is 0 Å². The van der Waals surface area contributed by atoms with Gasteiger partial charge in [0, 0.05) is 11.6 Å². The third-order valence-electron chi connectivity index (χ3n) is 1.94. The van der Waals surface area contributed by atoms with Gasteiger partial charge in [0.2, 0.25) is 0 Å². The molecule has 0 fully saturated rings. The molecular weight excluding hydrogens is 238 g/mol. The molecule has 0 atom stereocenters. The van der Waals surface area contributed by atoms with Gasteiger partial charge >= 0.3 is 0 Å². The lowest BCUT2D eigenvalue weighted by Crippen LogP contribution is -1.74. The zero-order valence-electron chi connectivity index (χ0n) is 9.02. The van der Waals surface area contributed by atoms with Crippen LogP contribution in [0.4, 0.5) is 0 Å². The topological polar surface area (TPSA) is 31.4 Å². The predicted octanol–water partition coefficient (Wildman–Crippen LogP) is 3.63. The minimum Gasteiger partial charge on any atom is -0.466 e. The summed E-state index contributed by atoms with van der Waals surface area (Å²) in [4.78, 5) is 4.18. The molecule has 0 unspecified atom stereocenters. The van der Waals surface area contributed by atoms with Crippen molar-refractivity contribution in [3.63, 3.8) is 0 Å². The Hall–Kier alpha value is -2.00. The van der Waals surface area contributed by atoms with E-state index in [0.717, 1.165) is 5.52 Å². The number of nitrogens with zero attached hydrogens (tertiary/aromatic N) is 1. The minimum atomic E-state index is 0. The van der Waals surface area contributed by atoms with E-state index in [1.165, 1.54) is 30.4 Å². The first kappa shape index (κ1) is 13.1. The molecule has 0 N–H and O–H groups in total. The molecule has 0 amide bonds. The zero-order chi connectivity index (χ0) is 11.1. The summed E-state index contributed by atoms with van der Waals surface area (Å²) in [6.07, 6.45) is 7.64. The van der Waals surface area contributed by atoms with E-state index in [-0.39, 0.29) is 12.4 Å². The molecule has 3 nitrogen and oxygen atoms in total. The van der Waals surface area contributed by atoms with Crippen LogP contribution in [0.25, 0.3) is 10.9 Å². The number of para-hydroxylation sites is 1. The summed E-state index contributed by atoms with van der Waals surface area (Å²) in [5.41, 5.74) is 1.06. The maximum Gasteiger partial charge on any atom is 0.125 e. The zero-order valence-corrected chi connectivity index (χ0v) is 9.84. The molecule has 0 saturated carbocycles. The summed E-state index contributed by atoms with van der Waals surface area (Å²) < 4.78 is 9.17. The number of aromatic nitrogens is 1. The molecule has 0 spiro atoms. The van der Waals surface area contributed by atoms with Gasteiger partial charge in [0.1, 0.15) is 25.0 Å². The number of pyridine rings is 1. The summed E-state index contributed by atoms with van der Waals surface area (Å²) in [5.74, 6) is 0. The Morgan fingerprint density at radius 1 is 0.765 bits per heavy atom. The van der Waals surface area contributed by atoms with E-state index in [1.807, 2.05) is 30.5 Å². The van der Waals surface area contributed by atoms with Crippen LogP contribution in [0, 0.1) is 0 Å². The predicted molar refractivity (Wildman–Crippen MR) is 69.4 cm³/mol. The summed E-state index contributed by atoms with van der Waals surface area (Å²) in [6, 6.07) is 12.1. The molecular formula is C13H12ClNO2. The van der Waals surface area contributed by atoms with Crippen molar-refractivity contribution in [2.75, 3.05) is 0 Å². The van der Waals surface area contributed by atoms with Crippen LogP contribution in [0.15, 0.2) is 67.6 Å². The van der Waals surface area contributed by atoms with E-state index in [2.05, 4.69) is 26.6 Å². The Morgan fingerprint density at radius 2 is 1.35 bits per heavy atom. The average Bonchev–Trinajstić information content (AvgIpc) is 2.42. The second kappa shape index (κ2) is 7.30. The molecule has 1 aliphatic rings. The number of hydrogen-bond acceptors (Lipinski definition) is 3. The van der Waals surface area contributed by atoms with Crippen LogP contribution in [0.1, 0.15) is 0 Å². The molecule has 0 saturated heterocycles. The molecule has 4 heteroatoms. The molecule has 0 aliphatic carbocycles. The summed E-state index contributed by atoms with van der Waals surface area (Å²) >= 11 is 0. The molecule has 1 aromatic heterocycles. The van der Waals surface area contributed by atoms with E-state index >= 15 is 0 Å². The van der Waals surface area contributed by atoms with Gasteiger partial charge in [-0.3, -0.25) is 4.98 Å². The number of halogens is 1. The van der Waals surface area contributed by atoms with Crippen LogP contribution in [-0.4, -0.2) is 4.98 Å². The van der Waals surface area contributed by atoms with Crippen molar-refractivity contribution < 1.29 is 9.47 Å². The molecule has 3 rings (SSSR count). The maximum atomic E-state index is 4.58. The summed E-state index contributed by atoms with van der Waals surface area (Å²) in [7, 11) is 0. The van der Waals surface area contributed by atoms with E-state index in [9.17, 15) is 0 Å². The van der Waals surface area contributed by atoms with Gasteiger partial charge in [-0.15, -0.1) is 12.4 Å². The normalized spacial score (nSPS) is 11.5. The first-order valence-electron chi connectivity index (χ1n) is 4.87. The Morgan fingerprint density at radius 3 is 1.94 bits per heavy atom. The summed E-state index contributed by atoms with van der Waals surface area (Å²) in [6.45, 7) is 0. The Labute approximate surface area is 106 Å². The van der Waals surface area contributed by atoms with Crippen LogP contribution >= 0.6 is 12.4 Å². The highest BCUT2D eigenvalue weighted by molar-refractivity contribution is 5.85. The SMILES string of the molecule is C1=COC=CO1.Cl.c1ccc2ncccc2c1. The largest absolute Gasteiger partial charge is 0.466 e. The number of benzene rings is 1. The Balaban J connectivity index is 0.000000180. The second-order valence-electron chi connectivity index (χ2n) is 3.01. The molecule has 1 aromatic carbocycles. The quantitative estimate of drug-likeness (QED) is 0.714. The van der Waals surface area contributed by atoms with Gasteiger partial charge in [-0.05, 0) is 12.1 Å². The maximum absolute atomic E-state index is 4.58. The van der Waals surface area contributed by atoms with Crippen molar-refractivity contribution in [1.29, 1.82) is 0 Å². The first-order valence-corrected chi connectivity index (χ1v) is 4.87. The van der Waals surface area contributed by atoms with Crippen LogP contribution in [-0.2, 0) is 9.47 Å². The van der Waals surface area contributed by atoms with Crippen molar-refractivity contribution in [1.82, 2.24) is 4.98 Å². The first-order chi connectivity index (χ1) is 7.97. The van der Waals surface area contributed by atoms with Crippen LogP contribution in [0.3, 0.4) is 0 Å². The fourth-order valence-electron chi connectivity index (χ4n) is 1.24. The third-order valence-corrected chi connectivity index (χ3v) is 1.94. The molecule has 2 heterocycles. The van der Waals surface area contributed by atoms with E-state index < -0.39 is 0 Å². The fraction of sp³-hybridized carbons (Fsp3) is 0. The lowest BCUT2D eigenvalue weighted by Gasteiger charge is -1.94. The van der Waals surface area contributed by atoms with Crippen molar-refractivity contribution in [2.24, 2.45) is 0 Å². The van der Waals surface area contributed by atoms with Gasteiger partial charge in [0.05, 0.1) is 5.52 Å². The van der Waals surface area contributed by atoms with E-state index in [0.29, 0.717) is 0 Å². The van der Waals surface area contributed by atoms with Gasteiger partial charge in [-0.25, -0.2) is 0 Å². The summed E-state index contributed by atoms with van der Waals surface area (Å²) in [5, 5.41) is 1.20. The number of hydrogen-bond donors (Lipinski definition) is 0. The van der Waals surface area contributed by atoms with Gasteiger partial charge < -0.3 is 9.47 Å². The highest BCUT2D eigenvalue weighted by atomic mass is 35.5. The molecule has 1 aliphatic heterocycles. The number of fused-ring (bicyclic) bond motifs is 1. The van der Waals surface area contributed by atoms with Crippen LogP contribution < -0.4 is 0 Å². The van der Waals surface area contributed by atoms with Gasteiger partial charge in [-0.1, -0.05) is 24.3 Å². The average molecular weight is 250 g/mol. The third kappa shape index (κ3) is 4.17. The highest BCUT2D eigenvalue weighted by Gasteiger charge is 1.86. The number of rotatable bonds is 0. The highest BCUT2D eigenvalue weighted by Crippen LogP contribution is 2.07. The van der Waals surface area contributed by atoms with Crippen molar-refractivity contribution in [3.05, 3.63) is 67.6 Å². The second-order valence-corrected chi connectivity index (χ2v) is 3.01. The minimum absolute atomic E-state index is 0. The molecule has 0 bridgehead atoms. The van der Waals surface area contributed by atoms with E-state index in [4.69, 9.17) is 0 Å². The number of ether oxygens (including phenoxy) is 2. The molecule has 88 valence electrons. The van der Waals surface area contributed by atoms with Gasteiger partial charge in [0.15, 0.2) is 0 Å². The van der Waals surface area contributed by atoms with Crippen LogP contribution in [0.2, 0.25) is 0 Å². The van der Waals surface area contributed by atoms with Gasteiger partial charge in [0.25, 0.3) is 0 Å². The van der Waals surface area contributed by atoms with Crippen molar-refractivity contribution in [3.8, 4) is 0 Å². The monoisotopic (exact) mass is 249 g/mol. The standard InChI is InChI=1S/C9H7N.C4H4O2.ClH/c1-2-6-9-8(4-1)5-3-7-10-9;1-2-6-4-3-5-1;/h1-7H;1-4H;1H. The molecule has 17 heavy (non-hydrogen) atoms. The Kier molecular flexibility index (Phi) is 5.61. The Bertz CT molecular complexity index is 426. The van der Waals surface area contributed by atoms with Crippen molar-refractivity contribution in [2.45, 2.75) is 0 Å². The fourth-order valence-corrected chi connectivity index (χ4v) is 1.24. The van der Waals surface area contributed by atoms with Gasteiger partial charge in [-0.2, -0.15) is 0 Å². The van der Waals surface area contributed by atoms with Crippen LogP contribution in [0.5, 0.6) is 0 Å².